The molecule has 0 aromatic heterocycles. The van der Waals surface area contributed by atoms with Gasteiger partial charge in [0.2, 0.25) is 5.91 Å². The Morgan fingerprint density at radius 3 is 2.36 bits per heavy atom. The van der Waals surface area contributed by atoms with E-state index in [1.807, 2.05) is 38.6 Å². The largest absolute Gasteiger partial charge is 0.352 e. The van der Waals surface area contributed by atoms with Gasteiger partial charge in [-0.1, -0.05) is 26.0 Å². The van der Waals surface area contributed by atoms with Crippen LogP contribution in [0.3, 0.4) is 0 Å². The van der Waals surface area contributed by atoms with E-state index in [1.54, 1.807) is 17.8 Å². The average Bonchev–Trinajstić information content (AvgIpc) is 2.42. The number of thioether (sulfide) groups is 1. The molecule has 0 saturated heterocycles. The van der Waals surface area contributed by atoms with Crippen molar-refractivity contribution >= 4 is 36.2 Å². The summed E-state index contributed by atoms with van der Waals surface area (Å²) in [5, 5.41) is 2.96. The molecule has 1 N–H and O–H groups in total. The molecule has 0 fully saturated rings. The molecule has 0 atom stereocenters. The molecule has 0 aliphatic heterocycles. The molecule has 0 heterocycles. The maximum Gasteiger partial charge on any atom is 0.244 e. The van der Waals surface area contributed by atoms with Crippen molar-refractivity contribution in [3.8, 4) is 0 Å². The molecule has 0 saturated carbocycles. The highest BCUT2D eigenvalue weighted by atomic mass is 35.5. The number of halogens is 1. The van der Waals surface area contributed by atoms with Crippen LogP contribution in [-0.2, 0) is 4.79 Å². The van der Waals surface area contributed by atoms with Crippen LogP contribution in [0.25, 0.3) is 6.08 Å². The normalized spacial score (nSPS) is 11.5. The minimum absolute atomic E-state index is 0. The van der Waals surface area contributed by atoms with Crippen LogP contribution in [0, 0.1) is 5.41 Å². The Morgan fingerprint density at radius 1 is 1.27 bits per heavy atom. The van der Waals surface area contributed by atoms with Gasteiger partial charge in [0.1, 0.15) is 0 Å². The summed E-state index contributed by atoms with van der Waals surface area (Å²) >= 11 is 1.71. The summed E-state index contributed by atoms with van der Waals surface area (Å²) in [6, 6.07) is 8.15. The van der Waals surface area contributed by atoms with Crippen LogP contribution in [-0.4, -0.2) is 44.2 Å². The van der Waals surface area contributed by atoms with E-state index in [2.05, 4.69) is 36.2 Å². The number of carbonyl (C=O) groups excluding carboxylic acids is 1. The summed E-state index contributed by atoms with van der Waals surface area (Å²) in [6.45, 7) is 5.91. The lowest BCUT2D eigenvalue weighted by Crippen LogP contribution is -2.39. The van der Waals surface area contributed by atoms with Gasteiger partial charge >= 0.3 is 0 Å². The SMILES string of the molecule is CSc1ccc(C=CC(=O)NCC(C)(C)CN(C)C)cc1.Cl. The van der Waals surface area contributed by atoms with Gasteiger partial charge in [0.05, 0.1) is 0 Å². The summed E-state index contributed by atoms with van der Waals surface area (Å²) in [5.74, 6) is -0.0456. The molecular weight excluding hydrogens is 316 g/mol. The average molecular weight is 343 g/mol. The number of carbonyl (C=O) groups is 1. The third kappa shape index (κ3) is 8.47. The number of hydrogen-bond donors (Lipinski definition) is 1. The van der Waals surface area contributed by atoms with Crippen LogP contribution in [0.1, 0.15) is 19.4 Å². The number of nitrogens with zero attached hydrogens (tertiary/aromatic N) is 1. The minimum atomic E-state index is -0.0456. The van der Waals surface area contributed by atoms with Crippen LogP contribution >= 0.6 is 24.2 Å². The molecule has 1 amide bonds. The first-order valence-corrected chi connectivity index (χ1v) is 8.29. The van der Waals surface area contributed by atoms with Crippen molar-refractivity contribution in [3.05, 3.63) is 35.9 Å². The minimum Gasteiger partial charge on any atom is -0.352 e. The zero-order valence-corrected chi connectivity index (χ0v) is 15.7. The second-order valence-electron chi connectivity index (χ2n) is 6.23. The first kappa shape index (κ1) is 21.0. The van der Waals surface area contributed by atoms with Crippen LogP contribution in [0.4, 0.5) is 0 Å². The van der Waals surface area contributed by atoms with E-state index in [9.17, 15) is 4.79 Å². The highest BCUT2D eigenvalue weighted by molar-refractivity contribution is 7.98. The van der Waals surface area contributed by atoms with Crippen LogP contribution in [0.15, 0.2) is 35.2 Å². The van der Waals surface area contributed by atoms with Gasteiger partial charge in [-0.15, -0.1) is 24.2 Å². The lowest BCUT2D eigenvalue weighted by atomic mass is 9.93. The molecule has 0 unspecified atom stereocenters. The summed E-state index contributed by atoms with van der Waals surface area (Å²) in [4.78, 5) is 15.2. The van der Waals surface area contributed by atoms with Gasteiger partial charge < -0.3 is 10.2 Å². The molecular formula is C17H27ClN2OS. The first-order valence-electron chi connectivity index (χ1n) is 7.07. The Bertz CT molecular complexity index is 484. The highest BCUT2D eigenvalue weighted by Crippen LogP contribution is 2.16. The van der Waals surface area contributed by atoms with E-state index < -0.39 is 0 Å². The van der Waals surface area contributed by atoms with Crippen molar-refractivity contribution in [2.24, 2.45) is 5.41 Å². The van der Waals surface area contributed by atoms with Crippen LogP contribution in [0.5, 0.6) is 0 Å². The molecule has 22 heavy (non-hydrogen) atoms. The fraction of sp³-hybridized carbons (Fsp3) is 0.471. The maximum absolute atomic E-state index is 11.9. The molecule has 5 heteroatoms. The van der Waals surface area contributed by atoms with Gasteiger partial charge in [0.25, 0.3) is 0 Å². The Morgan fingerprint density at radius 2 is 1.86 bits per heavy atom. The van der Waals surface area contributed by atoms with Crippen molar-refractivity contribution in [2.45, 2.75) is 18.7 Å². The van der Waals surface area contributed by atoms with Crippen molar-refractivity contribution in [1.29, 1.82) is 0 Å². The van der Waals surface area contributed by atoms with Gasteiger partial charge in [-0.25, -0.2) is 0 Å². The van der Waals surface area contributed by atoms with Crippen molar-refractivity contribution in [1.82, 2.24) is 10.2 Å². The molecule has 0 spiro atoms. The van der Waals surface area contributed by atoms with E-state index in [0.717, 1.165) is 12.1 Å². The van der Waals surface area contributed by atoms with E-state index in [0.29, 0.717) is 6.54 Å². The second-order valence-corrected chi connectivity index (χ2v) is 7.11. The van der Waals surface area contributed by atoms with Crippen LogP contribution < -0.4 is 5.32 Å². The zero-order valence-electron chi connectivity index (χ0n) is 14.1. The smallest absolute Gasteiger partial charge is 0.244 e. The third-order valence-electron chi connectivity index (χ3n) is 3.03. The fourth-order valence-corrected chi connectivity index (χ4v) is 2.59. The molecule has 0 bridgehead atoms. The van der Waals surface area contributed by atoms with Gasteiger partial charge in [0, 0.05) is 24.1 Å². The van der Waals surface area contributed by atoms with Gasteiger partial charge in [-0.2, -0.15) is 0 Å². The summed E-state index contributed by atoms with van der Waals surface area (Å²) in [7, 11) is 4.09. The topological polar surface area (TPSA) is 32.3 Å². The Labute approximate surface area is 145 Å². The van der Waals surface area contributed by atoms with E-state index in [-0.39, 0.29) is 23.7 Å². The van der Waals surface area contributed by atoms with Gasteiger partial charge in [-0.05, 0) is 49.5 Å². The number of hydrogen-bond acceptors (Lipinski definition) is 3. The number of nitrogens with one attached hydrogen (secondary N) is 1. The standard InChI is InChI=1S/C17H26N2OS.ClH/c1-17(2,13-19(3)4)12-18-16(20)11-8-14-6-9-15(21-5)10-7-14;/h6-11H,12-13H2,1-5H3,(H,18,20);1H. The Kier molecular flexibility index (Phi) is 9.49. The molecule has 1 aromatic rings. The molecule has 0 radical (unpaired) electrons. The van der Waals surface area contributed by atoms with Gasteiger partial charge in [-0.3, -0.25) is 4.79 Å². The second kappa shape index (κ2) is 9.93. The Hall–Kier alpha value is -0.970. The lowest BCUT2D eigenvalue weighted by Gasteiger charge is -2.28. The predicted molar refractivity (Wildman–Crippen MR) is 99.8 cm³/mol. The van der Waals surface area contributed by atoms with E-state index in [4.69, 9.17) is 0 Å². The molecule has 0 aliphatic rings. The zero-order chi connectivity index (χ0) is 15.9. The predicted octanol–water partition coefficient (Wildman–Crippen LogP) is 3.55. The molecule has 124 valence electrons. The van der Waals surface area contributed by atoms with Crippen molar-refractivity contribution < 1.29 is 4.79 Å². The van der Waals surface area contributed by atoms with Crippen molar-refractivity contribution in [3.63, 3.8) is 0 Å². The fourth-order valence-electron chi connectivity index (χ4n) is 2.18. The van der Waals surface area contributed by atoms with E-state index >= 15 is 0 Å². The summed E-state index contributed by atoms with van der Waals surface area (Å²) in [5.41, 5.74) is 1.10. The maximum atomic E-state index is 11.9. The molecule has 3 nitrogen and oxygen atoms in total. The number of rotatable bonds is 7. The lowest BCUT2D eigenvalue weighted by molar-refractivity contribution is -0.116. The van der Waals surface area contributed by atoms with Crippen molar-refractivity contribution in [2.75, 3.05) is 33.4 Å². The third-order valence-corrected chi connectivity index (χ3v) is 3.77. The molecule has 0 aliphatic carbocycles. The first-order chi connectivity index (χ1) is 9.82. The monoisotopic (exact) mass is 342 g/mol. The molecule has 1 rings (SSSR count). The Balaban J connectivity index is 0.00000441. The highest BCUT2D eigenvalue weighted by Gasteiger charge is 2.19. The van der Waals surface area contributed by atoms with Crippen LogP contribution in [0.2, 0.25) is 0 Å². The number of amides is 1. The van der Waals surface area contributed by atoms with Gasteiger partial charge in [0.15, 0.2) is 0 Å². The van der Waals surface area contributed by atoms with E-state index in [1.165, 1.54) is 4.90 Å². The summed E-state index contributed by atoms with van der Waals surface area (Å²) < 4.78 is 0. The number of benzene rings is 1. The quantitative estimate of drug-likeness (QED) is 0.607. The molecule has 1 aromatic carbocycles. The summed E-state index contributed by atoms with van der Waals surface area (Å²) in [6.07, 6.45) is 5.49.